The molecular formula is C8H7F3O. The van der Waals surface area contributed by atoms with Gasteiger partial charge in [-0.05, 0) is 24.6 Å². The van der Waals surface area contributed by atoms with E-state index in [0.29, 0.717) is 5.56 Å². The lowest BCUT2D eigenvalue weighted by Crippen LogP contribution is -2.03. The zero-order valence-corrected chi connectivity index (χ0v) is 6.35. The summed E-state index contributed by atoms with van der Waals surface area (Å²) in [6.45, 7) is -1.32. The summed E-state index contributed by atoms with van der Waals surface area (Å²) in [5.74, 6) is -1.19. The number of hydrogen-bond acceptors (Lipinski definition) is 1. The molecule has 4 heteroatoms. The quantitative estimate of drug-likeness (QED) is 0.673. The van der Waals surface area contributed by atoms with E-state index in [-0.39, 0.29) is 0 Å². The van der Waals surface area contributed by atoms with Crippen molar-refractivity contribution in [3.05, 3.63) is 29.6 Å². The number of hydrogen-bond donors (Lipinski definition) is 0. The van der Waals surface area contributed by atoms with Crippen molar-refractivity contribution in [2.75, 3.05) is 0 Å². The maximum Gasteiger partial charge on any atom is 0.387 e. The van der Waals surface area contributed by atoms with Gasteiger partial charge in [0.2, 0.25) is 0 Å². The number of aryl methyl sites for hydroxylation is 1. The van der Waals surface area contributed by atoms with Crippen LogP contribution in [0.1, 0.15) is 5.56 Å². The summed E-state index contributed by atoms with van der Waals surface area (Å²) in [4.78, 5) is 0. The Morgan fingerprint density at radius 1 is 1.33 bits per heavy atom. The van der Waals surface area contributed by atoms with Crippen molar-refractivity contribution in [2.24, 2.45) is 0 Å². The largest absolute Gasteiger partial charge is 0.432 e. The summed E-state index contributed by atoms with van der Waals surface area (Å²) in [5.41, 5.74) is 0.673. The molecule has 0 aromatic heterocycles. The summed E-state index contributed by atoms with van der Waals surface area (Å²) in [7, 11) is 0. The van der Waals surface area contributed by atoms with E-state index in [1.165, 1.54) is 12.1 Å². The SMILES string of the molecule is Cc1ccc(F)c(OC(F)F)c1. The third-order valence-electron chi connectivity index (χ3n) is 1.30. The molecular weight excluding hydrogens is 169 g/mol. The monoisotopic (exact) mass is 176 g/mol. The van der Waals surface area contributed by atoms with Crippen LogP contribution in [0.25, 0.3) is 0 Å². The molecule has 0 aliphatic rings. The standard InChI is InChI=1S/C8H7F3O/c1-5-2-3-6(9)7(4-5)12-8(10)11/h2-4,8H,1H3. The molecule has 0 saturated carbocycles. The first-order valence-corrected chi connectivity index (χ1v) is 3.30. The predicted octanol–water partition coefficient (Wildman–Crippen LogP) is 2.74. The highest BCUT2D eigenvalue weighted by Gasteiger charge is 2.08. The zero-order valence-electron chi connectivity index (χ0n) is 6.35. The predicted molar refractivity (Wildman–Crippen MR) is 37.8 cm³/mol. The first kappa shape index (κ1) is 8.90. The van der Waals surface area contributed by atoms with Crippen LogP contribution in [0.4, 0.5) is 13.2 Å². The van der Waals surface area contributed by atoms with Crippen molar-refractivity contribution in [3.63, 3.8) is 0 Å². The summed E-state index contributed by atoms with van der Waals surface area (Å²) in [6.07, 6.45) is 0. The second kappa shape index (κ2) is 3.47. The topological polar surface area (TPSA) is 9.23 Å². The molecule has 0 atom stereocenters. The van der Waals surface area contributed by atoms with E-state index in [9.17, 15) is 13.2 Å². The number of rotatable bonds is 2. The molecule has 1 aromatic carbocycles. The van der Waals surface area contributed by atoms with E-state index in [4.69, 9.17) is 0 Å². The van der Waals surface area contributed by atoms with Gasteiger partial charge in [0.1, 0.15) is 0 Å². The van der Waals surface area contributed by atoms with Crippen LogP contribution in [0.15, 0.2) is 18.2 Å². The number of halogens is 3. The fraction of sp³-hybridized carbons (Fsp3) is 0.250. The summed E-state index contributed by atoms with van der Waals surface area (Å²) < 4.78 is 39.9. The van der Waals surface area contributed by atoms with Gasteiger partial charge in [0.15, 0.2) is 11.6 Å². The van der Waals surface area contributed by atoms with Gasteiger partial charge in [0.25, 0.3) is 0 Å². The normalized spacial score (nSPS) is 10.4. The van der Waals surface area contributed by atoms with Crippen LogP contribution in [0.3, 0.4) is 0 Å². The van der Waals surface area contributed by atoms with E-state index >= 15 is 0 Å². The molecule has 0 aliphatic heterocycles. The molecule has 1 rings (SSSR count). The van der Waals surface area contributed by atoms with E-state index in [1.807, 2.05) is 0 Å². The van der Waals surface area contributed by atoms with Crippen molar-refractivity contribution in [1.29, 1.82) is 0 Å². The van der Waals surface area contributed by atoms with Crippen molar-refractivity contribution in [1.82, 2.24) is 0 Å². The van der Waals surface area contributed by atoms with Gasteiger partial charge in [-0.15, -0.1) is 0 Å². The average Bonchev–Trinajstić information content (AvgIpc) is 1.96. The molecule has 0 saturated heterocycles. The Bertz CT molecular complexity index is 273. The highest BCUT2D eigenvalue weighted by atomic mass is 19.3. The smallest absolute Gasteiger partial charge is 0.387 e. The molecule has 1 nitrogen and oxygen atoms in total. The molecule has 0 aliphatic carbocycles. The van der Waals surface area contributed by atoms with Crippen molar-refractivity contribution < 1.29 is 17.9 Å². The molecule has 12 heavy (non-hydrogen) atoms. The van der Waals surface area contributed by atoms with Gasteiger partial charge in [-0.25, -0.2) is 4.39 Å². The molecule has 0 N–H and O–H groups in total. The molecule has 0 bridgehead atoms. The maximum absolute atomic E-state index is 12.7. The molecule has 1 aromatic rings. The minimum absolute atomic E-state index is 0.412. The first-order valence-electron chi connectivity index (χ1n) is 3.30. The Hall–Kier alpha value is -1.19. The first-order chi connectivity index (χ1) is 5.59. The lowest BCUT2D eigenvalue weighted by atomic mass is 10.2. The van der Waals surface area contributed by atoms with E-state index in [2.05, 4.69) is 4.74 Å². The fourth-order valence-electron chi connectivity index (χ4n) is 0.797. The zero-order chi connectivity index (χ0) is 9.14. The van der Waals surface area contributed by atoms with Gasteiger partial charge in [-0.3, -0.25) is 0 Å². The molecule has 0 radical (unpaired) electrons. The average molecular weight is 176 g/mol. The van der Waals surface area contributed by atoms with Crippen LogP contribution in [0.2, 0.25) is 0 Å². The third kappa shape index (κ3) is 2.15. The molecule has 0 heterocycles. The Labute approximate surface area is 67.8 Å². The van der Waals surface area contributed by atoms with Crippen LogP contribution in [0.5, 0.6) is 5.75 Å². The summed E-state index contributed by atoms with van der Waals surface area (Å²) in [5, 5.41) is 0. The van der Waals surface area contributed by atoms with Gasteiger partial charge in [-0.1, -0.05) is 6.07 Å². The van der Waals surface area contributed by atoms with E-state index in [1.54, 1.807) is 6.92 Å². The minimum atomic E-state index is -2.98. The molecule has 66 valence electrons. The van der Waals surface area contributed by atoms with Gasteiger partial charge >= 0.3 is 6.61 Å². The second-order valence-corrected chi connectivity index (χ2v) is 2.31. The van der Waals surface area contributed by atoms with Crippen LogP contribution < -0.4 is 4.74 Å². The van der Waals surface area contributed by atoms with Crippen LogP contribution in [0, 0.1) is 12.7 Å². The highest BCUT2D eigenvalue weighted by molar-refractivity contribution is 5.29. The maximum atomic E-state index is 12.7. The summed E-state index contributed by atoms with van der Waals surface area (Å²) in [6, 6.07) is 3.79. The molecule has 0 unspecified atom stereocenters. The Morgan fingerprint density at radius 2 is 2.00 bits per heavy atom. The van der Waals surface area contributed by atoms with Crippen LogP contribution in [-0.2, 0) is 0 Å². The van der Waals surface area contributed by atoms with Gasteiger partial charge in [0, 0.05) is 0 Å². The summed E-state index contributed by atoms with van der Waals surface area (Å²) >= 11 is 0. The van der Waals surface area contributed by atoms with Gasteiger partial charge in [0.05, 0.1) is 0 Å². The van der Waals surface area contributed by atoms with Gasteiger partial charge in [-0.2, -0.15) is 8.78 Å². The van der Waals surface area contributed by atoms with Crippen molar-refractivity contribution in [3.8, 4) is 5.75 Å². The molecule has 0 amide bonds. The Balaban J connectivity index is 2.90. The fourth-order valence-corrected chi connectivity index (χ4v) is 0.797. The Kier molecular flexibility index (Phi) is 2.58. The Morgan fingerprint density at radius 3 is 2.58 bits per heavy atom. The van der Waals surface area contributed by atoms with E-state index < -0.39 is 18.2 Å². The second-order valence-electron chi connectivity index (χ2n) is 2.31. The lowest BCUT2D eigenvalue weighted by molar-refractivity contribution is -0.0522. The molecule has 0 fully saturated rings. The van der Waals surface area contributed by atoms with Crippen molar-refractivity contribution in [2.45, 2.75) is 13.5 Å². The van der Waals surface area contributed by atoms with Crippen molar-refractivity contribution >= 4 is 0 Å². The van der Waals surface area contributed by atoms with E-state index in [0.717, 1.165) is 6.07 Å². The van der Waals surface area contributed by atoms with Gasteiger partial charge < -0.3 is 4.74 Å². The highest BCUT2D eigenvalue weighted by Crippen LogP contribution is 2.20. The van der Waals surface area contributed by atoms with Crippen LogP contribution >= 0.6 is 0 Å². The third-order valence-corrected chi connectivity index (χ3v) is 1.30. The minimum Gasteiger partial charge on any atom is -0.432 e. The molecule has 0 spiro atoms. The number of ether oxygens (including phenoxy) is 1. The number of alkyl halides is 2. The number of benzene rings is 1. The lowest BCUT2D eigenvalue weighted by Gasteiger charge is -2.05. The van der Waals surface area contributed by atoms with Crippen LogP contribution in [-0.4, -0.2) is 6.61 Å².